The molecule has 0 heterocycles. The smallest absolute Gasteiger partial charge is 0.191 e. The second-order valence-electron chi connectivity index (χ2n) is 5.82. The van der Waals surface area contributed by atoms with Gasteiger partial charge in [0.2, 0.25) is 0 Å². The highest BCUT2D eigenvalue weighted by Gasteiger charge is 2.00. The summed E-state index contributed by atoms with van der Waals surface area (Å²) in [5, 5.41) is 6.56. The zero-order chi connectivity index (χ0) is 16.9. The van der Waals surface area contributed by atoms with Crippen molar-refractivity contribution in [3.05, 3.63) is 29.8 Å². The third kappa shape index (κ3) is 9.08. The summed E-state index contributed by atoms with van der Waals surface area (Å²) in [5.41, 5.74) is 1.14. The first-order valence-corrected chi connectivity index (χ1v) is 8.38. The number of guanidine groups is 1. The fraction of sp³-hybridized carbons (Fsp3) is 0.611. The maximum atomic E-state index is 5.76. The third-order valence-electron chi connectivity index (χ3n) is 3.06. The second-order valence-corrected chi connectivity index (χ2v) is 5.82. The summed E-state index contributed by atoms with van der Waals surface area (Å²) < 4.78 is 10.8. The van der Waals surface area contributed by atoms with Gasteiger partial charge in [0.25, 0.3) is 0 Å². The van der Waals surface area contributed by atoms with Crippen LogP contribution in [-0.4, -0.2) is 39.4 Å². The standard InChI is InChI=1S/C18H31N3O2/c1-5-19-18(20-10-7-11-22-4)21-13-16-8-6-9-17(12-16)23-14-15(2)3/h6,8-9,12,15H,5,7,10-11,13-14H2,1-4H3,(H2,19,20,21). The van der Waals surface area contributed by atoms with Crippen LogP contribution >= 0.6 is 0 Å². The Labute approximate surface area is 140 Å². The average molecular weight is 321 g/mol. The van der Waals surface area contributed by atoms with Gasteiger partial charge in [0.05, 0.1) is 13.2 Å². The van der Waals surface area contributed by atoms with Crippen LogP contribution in [0.15, 0.2) is 29.3 Å². The van der Waals surface area contributed by atoms with E-state index >= 15 is 0 Å². The van der Waals surface area contributed by atoms with E-state index < -0.39 is 0 Å². The summed E-state index contributed by atoms with van der Waals surface area (Å²) in [5.74, 6) is 2.26. The summed E-state index contributed by atoms with van der Waals surface area (Å²) in [4.78, 5) is 4.62. The summed E-state index contributed by atoms with van der Waals surface area (Å²) in [6, 6.07) is 8.13. The molecule has 0 saturated carbocycles. The minimum atomic E-state index is 0.522. The van der Waals surface area contributed by atoms with E-state index in [0.717, 1.165) is 50.0 Å². The molecule has 0 bridgehead atoms. The van der Waals surface area contributed by atoms with Gasteiger partial charge in [-0.25, -0.2) is 4.99 Å². The molecule has 0 amide bonds. The first-order valence-electron chi connectivity index (χ1n) is 8.38. The number of methoxy groups -OCH3 is 1. The zero-order valence-corrected chi connectivity index (χ0v) is 14.9. The quantitative estimate of drug-likeness (QED) is 0.395. The van der Waals surface area contributed by atoms with Crippen LogP contribution in [0.25, 0.3) is 0 Å². The largest absolute Gasteiger partial charge is 0.493 e. The van der Waals surface area contributed by atoms with E-state index in [2.05, 4.69) is 48.5 Å². The monoisotopic (exact) mass is 321 g/mol. The van der Waals surface area contributed by atoms with Crippen molar-refractivity contribution in [3.8, 4) is 5.75 Å². The molecule has 0 aliphatic carbocycles. The van der Waals surface area contributed by atoms with Crippen LogP contribution in [0.4, 0.5) is 0 Å². The highest BCUT2D eigenvalue weighted by Crippen LogP contribution is 2.15. The van der Waals surface area contributed by atoms with Gasteiger partial charge in [0, 0.05) is 26.8 Å². The van der Waals surface area contributed by atoms with Gasteiger partial charge >= 0.3 is 0 Å². The molecule has 0 spiro atoms. The molecule has 1 aromatic rings. The SMILES string of the molecule is CCNC(=NCc1cccc(OCC(C)C)c1)NCCCOC. The summed E-state index contributed by atoms with van der Waals surface area (Å²) >= 11 is 0. The van der Waals surface area contributed by atoms with Gasteiger partial charge in [-0.2, -0.15) is 0 Å². The highest BCUT2D eigenvalue weighted by atomic mass is 16.5. The van der Waals surface area contributed by atoms with Crippen molar-refractivity contribution in [1.82, 2.24) is 10.6 Å². The zero-order valence-electron chi connectivity index (χ0n) is 14.9. The molecule has 0 fully saturated rings. The van der Waals surface area contributed by atoms with Crippen molar-refractivity contribution in [2.75, 3.05) is 33.4 Å². The average Bonchev–Trinajstić information content (AvgIpc) is 2.55. The second kappa shape index (κ2) is 11.8. The Kier molecular flexibility index (Phi) is 9.87. The molecular weight excluding hydrogens is 290 g/mol. The Morgan fingerprint density at radius 3 is 2.78 bits per heavy atom. The van der Waals surface area contributed by atoms with Gasteiger partial charge in [0.1, 0.15) is 5.75 Å². The van der Waals surface area contributed by atoms with Crippen molar-refractivity contribution in [2.45, 2.75) is 33.7 Å². The molecule has 0 saturated heterocycles. The van der Waals surface area contributed by atoms with Crippen LogP contribution in [0.3, 0.4) is 0 Å². The lowest BCUT2D eigenvalue weighted by Crippen LogP contribution is -2.38. The van der Waals surface area contributed by atoms with E-state index in [4.69, 9.17) is 9.47 Å². The number of nitrogens with zero attached hydrogens (tertiary/aromatic N) is 1. The van der Waals surface area contributed by atoms with E-state index in [1.54, 1.807) is 7.11 Å². The van der Waals surface area contributed by atoms with Gasteiger partial charge in [-0.15, -0.1) is 0 Å². The lowest BCUT2D eigenvalue weighted by atomic mass is 10.2. The van der Waals surface area contributed by atoms with Gasteiger partial charge in [-0.1, -0.05) is 26.0 Å². The van der Waals surface area contributed by atoms with E-state index in [0.29, 0.717) is 12.5 Å². The van der Waals surface area contributed by atoms with E-state index in [1.807, 2.05) is 12.1 Å². The van der Waals surface area contributed by atoms with E-state index in [9.17, 15) is 0 Å². The van der Waals surface area contributed by atoms with Crippen molar-refractivity contribution in [3.63, 3.8) is 0 Å². The number of aliphatic imine (C=N–C) groups is 1. The molecule has 0 unspecified atom stereocenters. The Balaban J connectivity index is 2.55. The Morgan fingerprint density at radius 1 is 1.26 bits per heavy atom. The number of nitrogens with one attached hydrogen (secondary N) is 2. The van der Waals surface area contributed by atoms with E-state index in [-0.39, 0.29) is 0 Å². The predicted molar refractivity (Wildman–Crippen MR) is 96.1 cm³/mol. The van der Waals surface area contributed by atoms with Crippen molar-refractivity contribution >= 4 is 5.96 Å². The predicted octanol–water partition coefficient (Wildman–Crippen LogP) is 2.81. The van der Waals surface area contributed by atoms with Gasteiger partial charge in [-0.05, 0) is 37.0 Å². The summed E-state index contributed by atoms with van der Waals surface area (Å²) in [6.07, 6.45) is 0.958. The van der Waals surface area contributed by atoms with E-state index in [1.165, 1.54) is 0 Å². The van der Waals surface area contributed by atoms with Crippen LogP contribution in [0, 0.1) is 5.92 Å². The molecule has 0 aromatic heterocycles. The summed E-state index contributed by atoms with van der Waals surface area (Å²) in [6.45, 7) is 10.1. The molecule has 5 nitrogen and oxygen atoms in total. The molecule has 2 N–H and O–H groups in total. The number of ether oxygens (including phenoxy) is 2. The van der Waals surface area contributed by atoms with Gasteiger partial charge < -0.3 is 20.1 Å². The molecule has 23 heavy (non-hydrogen) atoms. The van der Waals surface area contributed by atoms with Crippen LogP contribution in [0.5, 0.6) is 5.75 Å². The van der Waals surface area contributed by atoms with Gasteiger partial charge in [-0.3, -0.25) is 0 Å². The molecule has 0 aliphatic rings. The maximum absolute atomic E-state index is 5.76. The fourth-order valence-corrected chi connectivity index (χ4v) is 1.93. The molecular formula is C18H31N3O2. The molecule has 0 radical (unpaired) electrons. The minimum absolute atomic E-state index is 0.522. The summed E-state index contributed by atoms with van der Waals surface area (Å²) in [7, 11) is 1.72. The van der Waals surface area contributed by atoms with Gasteiger partial charge in [0.15, 0.2) is 5.96 Å². The van der Waals surface area contributed by atoms with Crippen molar-refractivity contribution in [1.29, 1.82) is 0 Å². The lowest BCUT2D eigenvalue weighted by molar-refractivity contribution is 0.195. The number of benzene rings is 1. The molecule has 1 rings (SSSR count). The number of hydrogen-bond donors (Lipinski definition) is 2. The highest BCUT2D eigenvalue weighted by molar-refractivity contribution is 5.79. The maximum Gasteiger partial charge on any atom is 0.191 e. The molecule has 1 aromatic carbocycles. The Hall–Kier alpha value is -1.75. The van der Waals surface area contributed by atoms with Crippen molar-refractivity contribution < 1.29 is 9.47 Å². The van der Waals surface area contributed by atoms with Crippen molar-refractivity contribution in [2.24, 2.45) is 10.9 Å². The Morgan fingerprint density at radius 2 is 2.09 bits per heavy atom. The van der Waals surface area contributed by atoms with Crippen LogP contribution < -0.4 is 15.4 Å². The number of rotatable bonds is 10. The minimum Gasteiger partial charge on any atom is -0.493 e. The molecule has 130 valence electrons. The lowest BCUT2D eigenvalue weighted by Gasteiger charge is -2.12. The topological polar surface area (TPSA) is 54.9 Å². The first kappa shape index (κ1) is 19.3. The van der Waals surface area contributed by atoms with Crippen LogP contribution in [0.2, 0.25) is 0 Å². The fourth-order valence-electron chi connectivity index (χ4n) is 1.93. The first-order chi connectivity index (χ1) is 11.2. The van der Waals surface area contributed by atoms with Crippen LogP contribution in [0.1, 0.15) is 32.8 Å². The normalized spacial score (nSPS) is 11.6. The number of hydrogen-bond acceptors (Lipinski definition) is 3. The molecule has 5 heteroatoms. The molecule has 0 aliphatic heterocycles. The third-order valence-corrected chi connectivity index (χ3v) is 3.06. The molecule has 0 atom stereocenters. The Bertz CT molecular complexity index is 461. The van der Waals surface area contributed by atoms with Crippen LogP contribution in [-0.2, 0) is 11.3 Å².